The van der Waals surface area contributed by atoms with E-state index in [1.807, 2.05) is 30.3 Å². The number of carbonyl (C=O) groups is 2. The Morgan fingerprint density at radius 1 is 1.12 bits per heavy atom. The zero-order chi connectivity index (χ0) is 18.5. The number of rotatable bonds is 6. The smallest absolute Gasteiger partial charge is 0.251 e. The van der Waals surface area contributed by atoms with E-state index in [-0.39, 0.29) is 17.2 Å². The van der Waals surface area contributed by atoms with Crippen LogP contribution in [-0.4, -0.2) is 37.6 Å². The third-order valence-corrected chi connectivity index (χ3v) is 4.21. The van der Waals surface area contributed by atoms with Gasteiger partial charge in [-0.1, -0.05) is 30.3 Å². The summed E-state index contributed by atoms with van der Waals surface area (Å²) in [4.78, 5) is 23.4. The van der Waals surface area contributed by atoms with Crippen LogP contribution in [0.5, 0.6) is 5.75 Å². The molecule has 0 aromatic heterocycles. The van der Waals surface area contributed by atoms with E-state index in [0.717, 1.165) is 16.5 Å². The second-order valence-electron chi connectivity index (χ2n) is 5.88. The molecule has 0 bridgehead atoms. The van der Waals surface area contributed by atoms with Gasteiger partial charge in [0.2, 0.25) is 0 Å². The summed E-state index contributed by atoms with van der Waals surface area (Å²) in [6.45, 7) is 0.912. The molecule has 5 nitrogen and oxygen atoms in total. The van der Waals surface area contributed by atoms with Crippen LogP contribution >= 0.6 is 0 Å². The van der Waals surface area contributed by atoms with Gasteiger partial charge in [0.05, 0.1) is 12.2 Å². The van der Waals surface area contributed by atoms with Crippen LogP contribution in [0.4, 0.5) is 0 Å². The van der Waals surface area contributed by atoms with Crippen molar-refractivity contribution in [3.63, 3.8) is 0 Å². The van der Waals surface area contributed by atoms with Gasteiger partial charge in [-0.3, -0.25) is 9.59 Å². The van der Waals surface area contributed by atoms with Gasteiger partial charge >= 0.3 is 0 Å². The highest BCUT2D eigenvalue weighted by molar-refractivity contribution is 6.02. The van der Waals surface area contributed by atoms with Gasteiger partial charge in [0, 0.05) is 19.2 Å². The number of aromatic hydroxyl groups is 1. The number of phenols is 1. The SMILES string of the molecule is COCCNC(=O)c1cccc(-c2ccc3c(C=O)c(O)ccc3c2)c1. The minimum Gasteiger partial charge on any atom is -0.507 e. The van der Waals surface area contributed by atoms with E-state index >= 15 is 0 Å². The van der Waals surface area contributed by atoms with Gasteiger partial charge in [0.15, 0.2) is 6.29 Å². The maximum absolute atomic E-state index is 12.2. The maximum atomic E-state index is 12.2. The predicted molar refractivity (Wildman–Crippen MR) is 101 cm³/mol. The molecule has 3 rings (SSSR count). The molecule has 3 aromatic carbocycles. The molecule has 0 aliphatic rings. The molecule has 0 aliphatic heterocycles. The molecule has 0 saturated carbocycles. The van der Waals surface area contributed by atoms with Crippen molar-refractivity contribution in [1.29, 1.82) is 0 Å². The van der Waals surface area contributed by atoms with E-state index in [9.17, 15) is 14.7 Å². The van der Waals surface area contributed by atoms with Crippen LogP contribution < -0.4 is 5.32 Å². The summed E-state index contributed by atoms with van der Waals surface area (Å²) in [5.74, 6) is -0.187. The first-order valence-corrected chi connectivity index (χ1v) is 8.22. The number of ether oxygens (including phenoxy) is 1. The van der Waals surface area contributed by atoms with Crippen LogP contribution in [-0.2, 0) is 4.74 Å². The molecular formula is C21H19NO4. The third kappa shape index (κ3) is 3.58. The van der Waals surface area contributed by atoms with Gasteiger partial charge in [-0.05, 0) is 46.2 Å². The first kappa shape index (κ1) is 17.6. The molecule has 0 unspecified atom stereocenters. The molecule has 26 heavy (non-hydrogen) atoms. The summed E-state index contributed by atoms with van der Waals surface area (Å²) in [6, 6.07) is 16.2. The molecule has 3 aromatic rings. The molecular weight excluding hydrogens is 330 g/mol. The first-order valence-electron chi connectivity index (χ1n) is 8.22. The quantitative estimate of drug-likeness (QED) is 0.528. The summed E-state index contributed by atoms with van der Waals surface area (Å²) in [7, 11) is 1.59. The number of fused-ring (bicyclic) bond motifs is 1. The fourth-order valence-electron chi connectivity index (χ4n) is 2.85. The molecule has 0 radical (unpaired) electrons. The molecule has 0 fully saturated rings. The summed E-state index contributed by atoms with van der Waals surface area (Å²) >= 11 is 0. The Morgan fingerprint density at radius 2 is 1.92 bits per heavy atom. The van der Waals surface area contributed by atoms with Crippen molar-refractivity contribution in [3.8, 4) is 16.9 Å². The molecule has 5 heteroatoms. The molecule has 2 N–H and O–H groups in total. The number of nitrogens with one attached hydrogen (secondary N) is 1. The summed E-state index contributed by atoms with van der Waals surface area (Å²) in [5.41, 5.74) is 2.66. The number of methoxy groups -OCH3 is 1. The summed E-state index contributed by atoms with van der Waals surface area (Å²) in [5, 5.41) is 14.1. The Balaban J connectivity index is 1.94. The zero-order valence-electron chi connectivity index (χ0n) is 14.4. The Kier molecular flexibility index (Phi) is 5.29. The number of hydrogen-bond donors (Lipinski definition) is 2. The zero-order valence-corrected chi connectivity index (χ0v) is 14.4. The van der Waals surface area contributed by atoms with E-state index < -0.39 is 0 Å². The van der Waals surface area contributed by atoms with E-state index in [1.165, 1.54) is 6.07 Å². The minimum absolute atomic E-state index is 0.0324. The molecule has 0 aliphatic carbocycles. The lowest BCUT2D eigenvalue weighted by molar-refractivity contribution is 0.0937. The van der Waals surface area contributed by atoms with Gasteiger partial charge < -0.3 is 15.2 Å². The maximum Gasteiger partial charge on any atom is 0.251 e. The van der Waals surface area contributed by atoms with Crippen molar-refractivity contribution >= 4 is 23.0 Å². The highest BCUT2D eigenvalue weighted by Crippen LogP contribution is 2.30. The number of amides is 1. The number of hydrogen-bond acceptors (Lipinski definition) is 4. The summed E-state index contributed by atoms with van der Waals surface area (Å²) < 4.78 is 4.93. The average Bonchev–Trinajstić information content (AvgIpc) is 2.68. The lowest BCUT2D eigenvalue weighted by Crippen LogP contribution is -2.26. The van der Waals surface area contributed by atoms with E-state index in [4.69, 9.17) is 4.74 Å². The Labute approximate surface area is 151 Å². The molecule has 0 heterocycles. The highest BCUT2D eigenvalue weighted by atomic mass is 16.5. The van der Waals surface area contributed by atoms with E-state index in [0.29, 0.717) is 30.4 Å². The Bertz CT molecular complexity index is 965. The van der Waals surface area contributed by atoms with Crippen LogP contribution in [0.2, 0.25) is 0 Å². The Hall–Kier alpha value is -3.18. The van der Waals surface area contributed by atoms with Gasteiger partial charge in [-0.2, -0.15) is 0 Å². The van der Waals surface area contributed by atoms with Crippen LogP contribution in [0, 0.1) is 0 Å². The second-order valence-corrected chi connectivity index (χ2v) is 5.88. The lowest BCUT2D eigenvalue weighted by atomic mass is 9.97. The standard InChI is InChI=1S/C21H19NO4/c1-26-10-9-22-21(25)17-4-2-3-14(12-17)15-5-7-18-16(11-15)6-8-20(24)19(18)13-23/h2-8,11-13,24H,9-10H2,1H3,(H,22,25). The second kappa shape index (κ2) is 7.80. The first-order chi connectivity index (χ1) is 12.6. The molecule has 1 amide bonds. The number of phenolic OH excluding ortho intramolecular Hbond substituents is 1. The average molecular weight is 349 g/mol. The molecule has 0 saturated heterocycles. The van der Waals surface area contributed by atoms with Crippen LogP contribution in [0.3, 0.4) is 0 Å². The van der Waals surface area contributed by atoms with E-state index in [2.05, 4.69) is 5.32 Å². The molecule has 132 valence electrons. The normalized spacial score (nSPS) is 10.7. The fourth-order valence-corrected chi connectivity index (χ4v) is 2.85. The van der Waals surface area contributed by atoms with Gasteiger partial charge in [0.25, 0.3) is 5.91 Å². The molecule has 0 spiro atoms. The van der Waals surface area contributed by atoms with Crippen LogP contribution in [0.15, 0.2) is 54.6 Å². The fraction of sp³-hybridized carbons (Fsp3) is 0.143. The van der Waals surface area contributed by atoms with Crippen molar-refractivity contribution in [2.24, 2.45) is 0 Å². The van der Waals surface area contributed by atoms with Crippen LogP contribution in [0.1, 0.15) is 20.7 Å². The minimum atomic E-state index is -0.155. The van der Waals surface area contributed by atoms with Crippen molar-refractivity contribution in [2.45, 2.75) is 0 Å². The predicted octanol–water partition coefficient (Wildman–Crippen LogP) is 3.40. The number of aldehydes is 1. The topological polar surface area (TPSA) is 75.6 Å². The van der Waals surface area contributed by atoms with Crippen LogP contribution in [0.25, 0.3) is 21.9 Å². The number of carbonyl (C=O) groups excluding carboxylic acids is 2. The number of benzene rings is 3. The highest BCUT2D eigenvalue weighted by Gasteiger charge is 2.09. The van der Waals surface area contributed by atoms with Crippen molar-refractivity contribution in [3.05, 3.63) is 65.7 Å². The lowest BCUT2D eigenvalue weighted by Gasteiger charge is -2.09. The van der Waals surface area contributed by atoms with Crippen molar-refractivity contribution in [1.82, 2.24) is 5.32 Å². The van der Waals surface area contributed by atoms with Gasteiger partial charge in [-0.25, -0.2) is 0 Å². The van der Waals surface area contributed by atoms with Gasteiger partial charge in [-0.15, -0.1) is 0 Å². The van der Waals surface area contributed by atoms with Gasteiger partial charge in [0.1, 0.15) is 5.75 Å². The largest absolute Gasteiger partial charge is 0.507 e. The molecule has 0 atom stereocenters. The van der Waals surface area contributed by atoms with Crippen molar-refractivity contribution < 1.29 is 19.4 Å². The third-order valence-electron chi connectivity index (χ3n) is 4.21. The monoisotopic (exact) mass is 349 g/mol. The van der Waals surface area contributed by atoms with E-state index in [1.54, 1.807) is 25.3 Å². The summed E-state index contributed by atoms with van der Waals surface area (Å²) in [6.07, 6.45) is 0.655. The Morgan fingerprint density at radius 3 is 2.69 bits per heavy atom. The van der Waals surface area contributed by atoms with Crippen molar-refractivity contribution in [2.75, 3.05) is 20.3 Å².